The number of benzene rings is 2. The lowest BCUT2D eigenvalue weighted by Crippen LogP contribution is -2.36. The van der Waals surface area contributed by atoms with Gasteiger partial charge in [-0.2, -0.15) is 5.10 Å². The molecule has 3 atom stereocenters. The molecule has 2 aliphatic rings. The zero-order valence-electron chi connectivity index (χ0n) is 23.4. The van der Waals surface area contributed by atoms with Gasteiger partial charge in [0.2, 0.25) is 5.78 Å². The van der Waals surface area contributed by atoms with Crippen LogP contribution in [0, 0.1) is 13.8 Å². The third-order valence-corrected chi connectivity index (χ3v) is 8.11. The Hall–Kier alpha value is -4.12. The maximum atomic E-state index is 13.6. The summed E-state index contributed by atoms with van der Waals surface area (Å²) in [5.74, 6) is 0.361. The van der Waals surface area contributed by atoms with E-state index in [2.05, 4.69) is 31.2 Å². The van der Waals surface area contributed by atoms with Crippen LogP contribution in [0.5, 0.6) is 5.75 Å². The fourth-order valence-corrected chi connectivity index (χ4v) is 5.69. The van der Waals surface area contributed by atoms with Crippen LogP contribution < -0.4 is 5.43 Å². The molecule has 1 aliphatic carbocycles. The van der Waals surface area contributed by atoms with Gasteiger partial charge in [-0.25, -0.2) is 5.10 Å². The highest BCUT2D eigenvalue weighted by Crippen LogP contribution is 2.44. The van der Waals surface area contributed by atoms with Gasteiger partial charge in [-0.1, -0.05) is 36.8 Å². The summed E-state index contributed by atoms with van der Waals surface area (Å²) in [4.78, 5) is 30.6. The molecule has 210 valence electrons. The molecule has 0 radical (unpaired) electrons. The zero-order chi connectivity index (χ0) is 28.4. The van der Waals surface area contributed by atoms with Crippen LogP contribution in [0.1, 0.15) is 71.6 Å². The molecular formula is C29H36N8O3. The van der Waals surface area contributed by atoms with E-state index in [9.17, 15) is 14.7 Å². The number of likely N-dealkylation sites (N-methyl/N-ethyl adjacent to an activating group) is 1. The lowest BCUT2D eigenvalue weighted by molar-refractivity contribution is -0.126. The second-order valence-electron chi connectivity index (χ2n) is 11.1. The number of phenolic OH excluding ortho intramolecular Hbond substituents is 1. The van der Waals surface area contributed by atoms with Crippen molar-refractivity contribution in [1.29, 1.82) is 0 Å². The Morgan fingerprint density at radius 2 is 1.93 bits per heavy atom. The van der Waals surface area contributed by atoms with Crippen molar-refractivity contribution in [3.8, 4) is 5.75 Å². The fourth-order valence-electron chi connectivity index (χ4n) is 5.69. The highest BCUT2D eigenvalue weighted by molar-refractivity contribution is 6.69. The van der Waals surface area contributed by atoms with Crippen LogP contribution in [0.3, 0.4) is 0 Å². The van der Waals surface area contributed by atoms with Crippen molar-refractivity contribution in [2.24, 2.45) is 5.10 Å². The summed E-state index contributed by atoms with van der Waals surface area (Å²) in [5, 5.41) is 29.8. The minimum absolute atomic E-state index is 0.0706. The number of para-hydroxylation sites is 1. The molecule has 11 nitrogen and oxygen atoms in total. The highest BCUT2D eigenvalue weighted by atomic mass is 16.3. The van der Waals surface area contributed by atoms with E-state index >= 15 is 0 Å². The first kappa shape index (κ1) is 27.4. The van der Waals surface area contributed by atoms with Crippen LogP contribution in [0.25, 0.3) is 0 Å². The fraction of sp³-hybridized carbons (Fsp3) is 0.448. The number of aryl methyl sites for hydroxylation is 2. The van der Waals surface area contributed by atoms with Crippen LogP contribution in [-0.4, -0.2) is 80.1 Å². The number of tetrazole rings is 1. The molecule has 0 bridgehead atoms. The number of anilines is 1. The number of aromatic hydroxyl groups is 1. The summed E-state index contributed by atoms with van der Waals surface area (Å²) in [6, 6.07) is 10.5. The lowest BCUT2D eigenvalue weighted by Gasteiger charge is -2.28. The average Bonchev–Trinajstić information content (AvgIpc) is 3.56. The second-order valence-corrected chi connectivity index (χ2v) is 11.1. The molecular weight excluding hydrogens is 508 g/mol. The smallest absolute Gasteiger partial charge is 0.279 e. The molecule has 2 aromatic carbocycles. The molecule has 0 spiro atoms. The maximum Gasteiger partial charge on any atom is 0.279 e. The number of carbonyl (C=O) groups is 2. The molecule has 1 saturated carbocycles. The third-order valence-electron chi connectivity index (χ3n) is 8.11. The van der Waals surface area contributed by atoms with E-state index in [4.69, 9.17) is 0 Å². The normalized spacial score (nSPS) is 22.5. The lowest BCUT2D eigenvalue weighted by atomic mass is 9.77. The van der Waals surface area contributed by atoms with Crippen molar-refractivity contribution in [3.05, 3.63) is 64.5 Å². The Morgan fingerprint density at radius 3 is 2.65 bits per heavy atom. The number of Topliss-reactive ketones (excluding diaryl/α,β-unsaturated/α-hetero) is 1. The average molecular weight is 545 g/mol. The van der Waals surface area contributed by atoms with Gasteiger partial charge in [-0.3, -0.25) is 15.0 Å². The number of likely N-dealkylation sites (tertiary alicyclic amines) is 1. The van der Waals surface area contributed by atoms with Gasteiger partial charge in [0.05, 0.1) is 5.69 Å². The minimum atomic E-state index is -0.739. The zero-order valence-corrected chi connectivity index (χ0v) is 23.4. The summed E-state index contributed by atoms with van der Waals surface area (Å²) >= 11 is 0. The molecule has 2 fully saturated rings. The number of nitrogens with zero attached hydrogens (tertiary/aromatic N) is 6. The number of ketones is 1. The maximum absolute atomic E-state index is 13.6. The topological polar surface area (TPSA) is 140 Å². The van der Waals surface area contributed by atoms with E-state index < -0.39 is 11.9 Å². The molecule has 1 aliphatic heterocycles. The van der Waals surface area contributed by atoms with E-state index in [1.165, 1.54) is 0 Å². The van der Waals surface area contributed by atoms with E-state index in [-0.39, 0.29) is 29.1 Å². The predicted molar refractivity (Wildman–Crippen MR) is 151 cm³/mol. The molecule has 3 unspecified atom stereocenters. The Bertz CT molecular complexity index is 1420. The number of H-pyrrole nitrogens is 1. The first-order chi connectivity index (χ1) is 19.2. The van der Waals surface area contributed by atoms with Gasteiger partial charge in [0.25, 0.3) is 5.91 Å². The molecule has 3 aromatic rings. The SMILES string of the molecule is Cc1ccc(C2C(=O)/C(=N/Nc3cccc(C4CCCC(c5nnn[nH]5)C4)c3O)C(=O)N2CCN(C)C)cc1C. The number of carbonyl (C=O) groups excluding carboxylic acids is 2. The molecule has 3 N–H and O–H groups in total. The van der Waals surface area contributed by atoms with Crippen LogP contribution >= 0.6 is 0 Å². The number of rotatable bonds is 8. The van der Waals surface area contributed by atoms with Crippen molar-refractivity contribution in [3.63, 3.8) is 0 Å². The summed E-state index contributed by atoms with van der Waals surface area (Å²) in [7, 11) is 3.85. The van der Waals surface area contributed by atoms with Crippen molar-refractivity contribution in [2.75, 3.05) is 32.6 Å². The molecule has 1 saturated heterocycles. The Balaban J connectivity index is 1.39. The van der Waals surface area contributed by atoms with Gasteiger partial charge in [-0.05, 0) is 91.9 Å². The van der Waals surface area contributed by atoms with E-state index in [0.29, 0.717) is 18.8 Å². The Morgan fingerprint density at radius 1 is 1.12 bits per heavy atom. The monoisotopic (exact) mass is 544 g/mol. The highest BCUT2D eigenvalue weighted by Gasteiger charge is 2.45. The summed E-state index contributed by atoms with van der Waals surface area (Å²) in [6.07, 6.45) is 3.70. The first-order valence-electron chi connectivity index (χ1n) is 13.7. The minimum Gasteiger partial charge on any atom is -0.505 e. The number of hydrogen-bond donors (Lipinski definition) is 3. The Kier molecular flexibility index (Phi) is 7.92. The van der Waals surface area contributed by atoms with Gasteiger partial charge >= 0.3 is 0 Å². The van der Waals surface area contributed by atoms with E-state index in [0.717, 1.165) is 53.8 Å². The number of hydrazone groups is 1. The van der Waals surface area contributed by atoms with Crippen molar-refractivity contribution in [1.82, 2.24) is 30.4 Å². The van der Waals surface area contributed by atoms with Crippen molar-refractivity contribution in [2.45, 2.75) is 57.4 Å². The number of aromatic nitrogens is 4. The standard InChI is InChI=1S/C29H36N8O3/c1-17-11-12-20(15-18(17)2)25-27(39)24(29(40)37(25)14-13-36(3)4)31-30-23-10-6-9-22(26(23)38)19-7-5-8-21(16-19)28-32-34-35-33-28/h6,9-12,15,19,21,25,30,38H,5,7-8,13-14,16H2,1-4H3,(H,32,33,34,35)/b31-24-. The van der Waals surface area contributed by atoms with Crippen LogP contribution in [0.2, 0.25) is 0 Å². The third kappa shape index (κ3) is 5.46. The quantitative estimate of drug-likeness (QED) is 0.289. The molecule has 2 heterocycles. The van der Waals surface area contributed by atoms with E-state index in [1.54, 1.807) is 11.0 Å². The number of nitrogens with one attached hydrogen (secondary N) is 2. The predicted octanol–water partition coefficient (Wildman–Crippen LogP) is 3.45. The van der Waals surface area contributed by atoms with Gasteiger partial charge < -0.3 is 14.9 Å². The van der Waals surface area contributed by atoms with Crippen molar-refractivity contribution >= 4 is 23.1 Å². The largest absolute Gasteiger partial charge is 0.505 e. The van der Waals surface area contributed by atoms with E-state index in [1.807, 2.05) is 63.2 Å². The number of phenols is 1. The van der Waals surface area contributed by atoms with Crippen molar-refractivity contribution < 1.29 is 14.7 Å². The Labute approximate surface area is 233 Å². The number of amides is 1. The van der Waals surface area contributed by atoms with Gasteiger partial charge in [0, 0.05) is 19.0 Å². The molecule has 1 aromatic heterocycles. The summed E-state index contributed by atoms with van der Waals surface area (Å²) in [5.41, 5.74) is 6.76. The first-order valence-corrected chi connectivity index (χ1v) is 13.7. The molecule has 5 rings (SSSR count). The van der Waals surface area contributed by atoms with Crippen LogP contribution in [-0.2, 0) is 9.59 Å². The number of aromatic amines is 1. The summed E-state index contributed by atoms with van der Waals surface area (Å²) in [6.45, 7) is 5.00. The molecule has 11 heteroatoms. The second kappa shape index (κ2) is 11.5. The number of hydrogen-bond acceptors (Lipinski definition) is 9. The van der Waals surface area contributed by atoms with Gasteiger partial charge in [0.1, 0.15) is 11.8 Å². The summed E-state index contributed by atoms with van der Waals surface area (Å²) < 4.78 is 0. The molecule has 1 amide bonds. The van der Waals surface area contributed by atoms with Gasteiger partial charge in [0.15, 0.2) is 11.5 Å². The van der Waals surface area contributed by atoms with Gasteiger partial charge in [-0.15, -0.1) is 5.10 Å². The van der Waals surface area contributed by atoms with Crippen LogP contribution in [0.4, 0.5) is 5.69 Å². The molecule has 40 heavy (non-hydrogen) atoms. The van der Waals surface area contributed by atoms with Crippen LogP contribution in [0.15, 0.2) is 41.5 Å².